The summed E-state index contributed by atoms with van der Waals surface area (Å²) in [5.74, 6) is -1.39. The van der Waals surface area contributed by atoms with Crippen LogP contribution in [-0.2, 0) is 9.53 Å². The SMILES string of the molecule is O=C(O)[C@H]1O[C@@H](n2cnc3c(=O)[nH]cnc32)[C@H](O)[C@@H]1O. The average molecular weight is 282 g/mol. The van der Waals surface area contributed by atoms with E-state index >= 15 is 0 Å². The second-order valence-electron chi connectivity index (χ2n) is 4.32. The molecule has 0 unspecified atom stereocenters. The van der Waals surface area contributed by atoms with E-state index in [0.717, 1.165) is 6.33 Å². The van der Waals surface area contributed by atoms with Gasteiger partial charge in [0.05, 0.1) is 12.7 Å². The van der Waals surface area contributed by atoms with Gasteiger partial charge in [0.2, 0.25) is 0 Å². The van der Waals surface area contributed by atoms with Crippen LogP contribution in [0.1, 0.15) is 6.23 Å². The molecule has 0 amide bonds. The number of aromatic nitrogens is 4. The Hall–Kier alpha value is -2.30. The van der Waals surface area contributed by atoms with E-state index < -0.39 is 36.1 Å². The fourth-order valence-corrected chi connectivity index (χ4v) is 2.14. The molecule has 0 spiro atoms. The lowest BCUT2D eigenvalue weighted by molar-refractivity contribution is -0.155. The summed E-state index contributed by atoms with van der Waals surface area (Å²) in [5, 5.41) is 28.4. The monoisotopic (exact) mass is 282 g/mol. The maximum absolute atomic E-state index is 11.5. The number of aromatic amines is 1. The molecule has 0 saturated carbocycles. The molecule has 0 radical (unpaired) electrons. The van der Waals surface area contributed by atoms with E-state index in [1.807, 2.05) is 0 Å². The molecule has 3 heterocycles. The number of aliphatic hydroxyl groups is 2. The zero-order chi connectivity index (χ0) is 14.4. The minimum Gasteiger partial charge on any atom is -0.479 e. The summed E-state index contributed by atoms with van der Waals surface area (Å²) in [7, 11) is 0. The molecule has 0 aliphatic carbocycles. The zero-order valence-electron chi connectivity index (χ0n) is 9.87. The molecule has 10 heteroatoms. The molecular weight excluding hydrogens is 272 g/mol. The maximum atomic E-state index is 11.5. The highest BCUT2D eigenvalue weighted by Crippen LogP contribution is 2.30. The zero-order valence-corrected chi connectivity index (χ0v) is 9.87. The number of nitrogens with zero attached hydrogens (tertiary/aromatic N) is 3. The van der Waals surface area contributed by atoms with E-state index in [2.05, 4.69) is 15.0 Å². The normalized spacial score (nSPS) is 29.9. The Labute approximate surface area is 110 Å². The smallest absolute Gasteiger partial charge is 0.335 e. The van der Waals surface area contributed by atoms with Crippen molar-refractivity contribution < 1.29 is 24.9 Å². The minimum absolute atomic E-state index is 0.0246. The lowest BCUT2D eigenvalue weighted by Crippen LogP contribution is -2.35. The summed E-state index contributed by atoms with van der Waals surface area (Å²) < 4.78 is 6.32. The fraction of sp³-hybridized carbons (Fsp3) is 0.400. The molecule has 20 heavy (non-hydrogen) atoms. The van der Waals surface area contributed by atoms with Gasteiger partial charge in [-0.2, -0.15) is 0 Å². The van der Waals surface area contributed by atoms with E-state index in [0.29, 0.717) is 0 Å². The van der Waals surface area contributed by atoms with Crippen LogP contribution in [0, 0.1) is 0 Å². The quantitative estimate of drug-likeness (QED) is 0.485. The number of aliphatic carboxylic acids is 1. The van der Waals surface area contributed by atoms with Crippen molar-refractivity contribution in [3.63, 3.8) is 0 Å². The molecule has 4 N–H and O–H groups in total. The number of fused-ring (bicyclic) bond motifs is 1. The molecule has 0 bridgehead atoms. The van der Waals surface area contributed by atoms with Crippen molar-refractivity contribution in [1.29, 1.82) is 0 Å². The van der Waals surface area contributed by atoms with Gasteiger partial charge in [-0.3, -0.25) is 9.36 Å². The number of carbonyl (C=O) groups is 1. The van der Waals surface area contributed by atoms with Crippen molar-refractivity contribution >= 4 is 17.1 Å². The van der Waals surface area contributed by atoms with Crippen molar-refractivity contribution in [1.82, 2.24) is 19.5 Å². The maximum Gasteiger partial charge on any atom is 0.335 e. The van der Waals surface area contributed by atoms with Gasteiger partial charge in [-0.05, 0) is 0 Å². The number of ether oxygens (including phenoxy) is 1. The first-order valence-electron chi connectivity index (χ1n) is 5.65. The molecule has 1 aliphatic rings. The van der Waals surface area contributed by atoms with Crippen LogP contribution in [0.3, 0.4) is 0 Å². The lowest BCUT2D eigenvalue weighted by atomic mass is 10.1. The highest BCUT2D eigenvalue weighted by Gasteiger charge is 2.47. The Bertz CT molecular complexity index is 724. The molecule has 2 aromatic rings. The Balaban J connectivity index is 2.06. The molecule has 106 valence electrons. The molecule has 3 rings (SSSR count). The van der Waals surface area contributed by atoms with Crippen LogP contribution in [0.5, 0.6) is 0 Å². The molecule has 2 aromatic heterocycles. The van der Waals surface area contributed by atoms with Crippen LogP contribution in [0.2, 0.25) is 0 Å². The highest BCUT2D eigenvalue weighted by molar-refractivity contribution is 5.74. The molecule has 4 atom stereocenters. The van der Waals surface area contributed by atoms with Crippen molar-refractivity contribution in [2.45, 2.75) is 24.5 Å². The third-order valence-electron chi connectivity index (χ3n) is 3.12. The van der Waals surface area contributed by atoms with Crippen molar-refractivity contribution in [3.05, 3.63) is 23.0 Å². The Kier molecular flexibility index (Phi) is 2.78. The molecular formula is C10H10N4O6. The van der Waals surface area contributed by atoms with Crippen molar-refractivity contribution in [3.8, 4) is 0 Å². The summed E-state index contributed by atoms with van der Waals surface area (Å²) in [4.78, 5) is 32.5. The van der Waals surface area contributed by atoms with Gasteiger partial charge in [-0.25, -0.2) is 14.8 Å². The molecule has 1 saturated heterocycles. The van der Waals surface area contributed by atoms with Gasteiger partial charge in [0.25, 0.3) is 5.56 Å². The van der Waals surface area contributed by atoms with Gasteiger partial charge < -0.3 is 25.0 Å². The van der Waals surface area contributed by atoms with E-state index in [-0.39, 0.29) is 11.2 Å². The Morgan fingerprint density at radius 2 is 2.10 bits per heavy atom. The predicted octanol–water partition coefficient (Wildman–Crippen LogP) is -2.18. The minimum atomic E-state index is -1.59. The largest absolute Gasteiger partial charge is 0.479 e. The number of rotatable bonds is 2. The number of hydrogen-bond donors (Lipinski definition) is 4. The van der Waals surface area contributed by atoms with E-state index in [1.165, 1.54) is 10.9 Å². The first-order chi connectivity index (χ1) is 9.50. The van der Waals surface area contributed by atoms with E-state index in [1.54, 1.807) is 0 Å². The van der Waals surface area contributed by atoms with Crippen LogP contribution in [0.4, 0.5) is 0 Å². The second kappa shape index (κ2) is 4.37. The van der Waals surface area contributed by atoms with E-state index in [4.69, 9.17) is 9.84 Å². The molecule has 0 aromatic carbocycles. The standard InChI is InChI=1S/C10H10N4O6/c15-4-5(16)9(20-6(4)10(18)19)14-2-13-3-7(14)11-1-12-8(3)17/h1-2,4-6,9,15-16H,(H,18,19)(H,11,12,17)/t4-,5+,6-,9+/m0/s1. The number of H-pyrrole nitrogens is 1. The van der Waals surface area contributed by atoms with Crippen LogP contribution in [-0.4, -0.2) is 59.1 Å². The highest BCUT2D eigenvalue weighted by atomic mass is 16.6. The first-order valence-corrected chi connectivity index (χ1v) is 5.65. The van der Waals surface area contributed by atoms with Gasteiger partial charge in [0, 0.05) is 0 Å². The summed E-state index contributed by atoms with van der Waals surface area (Å²) in [6, 6.07) is 0. The van der Waals surface area contributed by atoms with Crippen LogP contribution >= 0.6 is 0 Å². The molecule has 10 nitrogen and oxygen atoms in total. The third kappa shape index (κ3) is 1.70. The summed E-state index contributed by atoms with van der Waals surface area (Å²) in [6.45, 7) is 0. The van der Waals surface area contributed by atoms with Gasteiger partial charge in [0.15, 0.2) is 23.5 Å². The first kappa shape index (κ1) is 12.7. The van der Waals surface area contributed by atoms with Crippen LogP contribution in [0.15, 0.2) is 17.4 Å². The second-order valence-corrected chi connectivity index (χ2v) is 4.32. The van der Waals surface area contributed by atoms with Crippen molar-refractivity contribution in [2.24, 2.45) is 0 Å². The lowest BCUT2D eigenvalue weighted by Gasteiger charge is -2.15. The fourth-order valence-electron chi connectivity index (χ4n) is 2.14. The topological polar surface area (TPSA) is 151 Å². The number of aliphatic hydroxyl groups excluding tert-OH is 2. The number of carboxylic acid groups (broad SMARTS) is 1. The number of nitrogens with one attached hydrogen (secondary N) is 1. The van der Waals surface area contributed by atoms with E-state index in [9.17, 15) is 19.8 Å². The number of carboxylic acids is 1. The average Bonchev–Trinajstić information content (AvgIpc) is 2.94. The third-order valence-corrected chi connectivity index (χ3v) is 3.12. The van der Waals surface area contributed by atoms with Crippen LogP contribution < -0.4 is 5.56 Å². The number of imidazole rings is 1. The van der Waals surface area contributed by atoms with Gasteiger partial charge in [-0.15, -0.1) is 0 Å². The Morgan fingerprint density at radius 3 is 2.75 bits per heavy atom. The predicted molar refractivity (Wildman–Crippen MR) is 61.7 cm³/mol. The summed E-state index contributed by atoms with van der Waals surface area (Å²) in [5.41, 5.74) is -0.329. The molecule has 1 fully saturated rings. The summed E-state index contributed by atoms with van der Waals surface area (Å²) >= 11 is 0. The van der Waals surface area contributed by atoms with Crippen molar-refractivity contribution in [2.75, 3.05) is 0 Å². The van der Waals surface area contributed by atoms with Gasteiger partial charge in [-0.1, -0.05) is 0 Å². The van der Waals surface area contributed by atoms with Gasteiger partial charge >= 0.3 is 5.97 Å². The Morgan fingerprint density at radius 1 is 1.35 bits per heavy atom. The van der Waals surface area contributed by atoms with Gasteiger partial charge in [0.1, 0.15) is 12.2 Å². The summed E-state index contributed by atoms with van der Waals surface area (Å²) in [6.07, 6.45) is -3.47. The van der Waals surface area contributed by atoms with Crippen LogP contribution in [0.25, 0.3) is 11.2 Å². The molecule has 1 aliphatic heterocycles. The number of hydrogen-bond acceptors (Lipinski definition) is 7.